The van der Waals surface area contributed by atoms with Crippen LogP contribution in [0.4, 0.5) is 0 Å². The molecule has 0 radical (unpaired) electrons. The lowest BCUT2D eigenvalue weighted by Crippen LogP contribution is -3.13. The molecule has 0 bridgehead atoms. The van der Waals surface area contributed by atoms with Crippen molar-refractivity contribution < 1.29 is 54.1 Å². The maximum atomic E-state index is 12.3. The second kappa shape index (κ2) is 24.6. The molecule has 0 amide bonds. The van der Waals surface area contributed by atoms with Gasteiger partial charge in [-0.1, -0.05) is 66.6 Å². The van der Waals surface area contributed by atoms with Gasteiger partial charge in [-0.15, -0.1) is 0 Å². The number of piperidine rings is 2. The highest BCUT2D eigenvalue weighted by molar-refractivity contribution is 5.97. The molecule has 3 saturated heterocycles. The zero-order valence-electron chi connectivity index (χ0n) is 26.3. The number of ether oxygens (including phenoxy) is 2. The Hall–Kier alpha value is -1.80. The number of rotatable bonds is 6. The first-order valence-electron chi connectivity index (χ1n) is 15.4. The molecule has 1 atom stereocenters. The molecule has 0 saturated carbocycles. The molecule has 3 N–H and O–H groups in total. The minimum Gasteiger partial charge on any atom is -1.00 e. The van der Waals surface area contributed by atoms with E-state index in [1.54, 1.807) is 4.90 Å². The molecular weight excluding hydrogens is 571 g/mol. The van der Waals surface area contributed by atoms with Crippen LogP contribution in [0.25, 0.3) is 0 Å². The van der Waals surface area contributed by atoms with Crippen molar-refractivity contribution in [1.82, 2.24) is 0 Å². The van der Waals surface area contributed by atoms with Gasteiger partial charge in [-0.2, -0.15) is 0 Å². The van der Waals surface area contributed by atoms with Crippen LogP contribution in [0.15, 0.2) is 48.5 Å². The van der Waals surface area contributed by atoms with E-state index in [4.69, 9.17) is 9.47 Å². The van der Waals surface area contributed by atoms with Crippen LogP contribution in [0.1, 0.15) is 90.6 Å². The fraction of sp³-hybridized carbons (Fsp3) is 0.588. The first-order valence-corrected chi connectivity index (χ1v) is 15.4. The number of nitrogens with two attached hydrogens (primary N) is 1. The Morgan fingerprint density at radius 1 is 0.762 bits per heavy atom. The number of aryl methyl sites for hydroxylation is 2. The number of carbonyl (C=O) groups is 2. The minimum atomic E-state index is 0. The summed E-state index contributed by atoms with van der Waals surface area (Å²) in [6.45, 7) is 16.3. The second-order valence-corrected chi connectivity index (χ2v) is 11.1. The molecule has 6 nitrogen and oxygen atoms in total. The monoisotopic (exact) mass is 624 g/mol. The largest absolute Gasteiger partial charge is 1.00 e. The average molecular weight is 626 g/mol. The number of likely N-dealkylation sites (tertiary alicyclic amines) is 1. The summed E-state index contributed by atoms with van der Waals surface area (Å²) < 4.78 is 9.44. The van der Waals surface area contributed by atoms with Crippen LogP contribution in [-0.4, -0.2) is 64.3 Å². The summed E-state index contributed by atoms with van der Waals surface area (Å²) >= 11 is 0. The van der Waals surface area contributed by atoms with Crippen molar-refractivity contribution in [3.8, 4) is 0 Å². The molecule has 1 unspecified atom stereocenters. The Morgan fingerprint density at radius 3 is 1.62 bits per heavy atom. The first-order chi connectivity index (χ1) is 19.4. The predicted molar refractivity (Wildman–Crippen MR) is 162 cm³/mol. The summed E-state index contributed by atoms with van der Waals surface area (Å²) in [5.41, 5.74) is 4.08. The maximum absolute atomic E-state index is 12.3. The van der Waals surface area contributed by atoms with Gasteiger partial charge in [-0.3, -0.25) is 9.59 Å². The van der Waals surface area contributed by atoms with Gasteiger partial charge >= 0.3 is 0 Å². The zero-order valence-corrected chi connectivity index (χ0v) is 27.8. The number of quaternary nitrogens is 2. The third-order valence-corrected chi connectivity index (χ3v) is 7.49. The molecule has 8 heteroatoms. The van der Waals surface area contributed by atoms with E-state index in [1.165, 1.54) is 75.8 Å². The lowest BCUT2D eigenvalue weighted by atomic mass is 9.97. The fourth-order valence-electron chi connectivity index (χ4n) is 4.92. The van der Waals surface area contributed by atoms with Crippen LogP contribution in [0.3, 0.4) is 0 Å². The van der Waals surface area contributed by atoms with E-state index in [0.29, 0.717) is 19.0 Å². The summed E-state index contributed by atoms with van der Waals surface area (Å²) in [6.07, 6.45) is 8.95. The molecule has 2 aromatic rings. The van der Waals surface area contributed by atoms with E-state index in [2.05, 4.69) is 19.2 Å². The zero-order chi connectivity index (χ0) is 29.0. The highest BCUT2D eigenvalue weighted by Gasteiger charge is 2.22. The van der Waals surface area contributed by atoms with Crippen molar-refractivity contribution in [3.05, 3.63) is 70.8 Å². The van der Waals surface area contributed by atoms with Gasteiger partial charge in [0.15, 0.2) is 11.6 Å². The van der Waals surface area contributed by atoms with E-state index in [-0.39, 0.29) is 36.5 Å². The van der Waals surface area contributed by atoms with Gasteiger partial charge in [0.25, 0.3) is 0 Å². The molecule has 3 aliphatic rings. The summed E-state index contributed by atoms with van der Waals surface area (Å²) in [5.74, 6) is 0.652. The van der Waals surface area contributed by atoms with Gasteiger partial charge in [-0.05, 0) is 59.3 Å². The van der Waals surface area contributed by atoms with E-state index in [0.717, 1.165) is 30.9 Å². The minimum absolute atomic E-state index is 0. The van der Waals surface area contributed by atoms with Crippen LogP contribution in [-0.2, 0) is 9.47 Å². The number of benzene rings is 2. The van der Waals surface area contributed by atoms with Gasteiger partial charge in [0.2, 0.25) is 0 Å². The number of ketones is 2. The molecule has 2 aromatic carbocycles. The van der Waals surface area contributed by atoms with Crippen LogP contribution >= 0.6 is 0 Å². The van der Waals surface area contributed by atoms with E-state index in [9.17, 15) is 9.59 Å². The number of Topliss-reactive ketones (excluding diaryl/α,β-unsaturated/α-hetero) is 2. The molecule has 0 aliphatic carbocycles. The third kappa shape index (κ3) is 17.3. The highest BCUT2D eigenvalue weighted by Crippen LogP contribution is 2.10. The van der Waals surface area contributed by atoms with Crippen LogP contribution in [0, 0.1) is 19.8 Å². The molecule has 0 aromatic heterocycles. The first kappa shape index (κ1) is 40.2. The van der Waals surface area contributed by atoms with Gasteiger partial charge in [0.05, 0.1) is 51.9 Å². The van der Waals surface area contributed by atoms with Crippen LogP contribution in [0.2, 0.25) is 0 Å². The lowest BCUT2D eigenvalue weighted by molar-refractivity contribution is -0.906. The molecule has 42 heavy (non-hydrogen) atoms. The molecule has 3 heterocycles. The SMILES string of the molecule is C1CC[NH2+]CC1.C1COCO1.CCC(=O)c1ccc(C)cc1.Cc1ccc(C(=O)C(C)C[NH+]2CCCCC2)cc1.[Cl-].[Cl-]. The normalized spacial score (nSPS) is 16.8. The van der Waals surface area contributed by atoms with Crippen molar-refractivity contribution in [2.45, 2.75) is 72.6 Å². The highest BCUT2D eigenvalue weighted by atomic mass is 35.5. The molecule has 0 spiro atoms. The Labute approximate surface area is 267 Å². The van der Waals surface area contributed by atoms with Gasteiger partial charge in [0, 0.05) is 17.5 Å². The Balaban J connectivity index is 0.000000594. The van der Waals surface area contributed by atoms with Crippen molar-refractivity contribution in [2.75, 3.05) is 52.7 Å². The Morgan fingerprint density at radius 2 is 1.24 bits per heavy atom. The molecule has 3 aliphatic heterocycles. The predicted octanol–water partition coefficient (Wildman–Crippen LogP) is -1.80. The second-order valence-electron chi connectivity index (χ2n) is 11.1. The van der Waals surface area contributed by atoms with E-state index in [1.807, 2.05) is 62.4 Å². The molecular formula is C34H54Cl2N2O4. The number of hydrogen-bond acceptors (Lipinski definition) is 4. The fourth-order valence-corrected chi connectivity index (χ4v) is 4.92. The molecule has 5 rings (SSSR count). The number of carbonyl (C=O) groups excluding carboxylic acids is 2. The van der Waals surface area contributed by atoms with Gasteiger partial charge in [-0.25, -0.2) is 0 Å². The Kier molecular flexibility index (Phi) is 23.6. The van der Waals surface area contributed by atoms with Crippen molar-refractivity contribution in [2.24, 2.45) is 5.92 Å². The smallest absolute Gasteiger partial charge is 0.171 e. The molecule has 238 valence electrons. The summed E-state index contributed by atoms with van der Waals surface area (Å²) in [6, 6.07) is 15.6. The van der Waals surface area contributed by atoms with E-state index < -0.39 is 0 Å². The summed E-state index contributed by atoms with van der Waals surface area (Å²) in [7, 11) is 0. The summed E-state index contributed by atoms with van der Waals surface area (Å²) in [5, 5.41) is 2.39. The summed E-state index contributed by atoms with van der Waals surface area (Å²) in [4.78, 5) is 25.0. The average Bonchev–Trinajstić information content (AvgIpc) is 3.60. The van der Waals surface area contributed by atoms with Crippen molar-refractivity contribution >= 4 is 11.6 Å². The van der Waals surface area contributed by atoms with Crippen LogP contribution < -0.4 is 35.0 Å². The van der Waals surface area contributed by atoms with Crippen LogP contribution in [0.5, 0.6) is 0 Å². The number of halogens is 2. The van der Waals surface area contributed by atoms with Gasteiger partial charge in [0.1, 0.15) is 6.79 Å². The Bertz CT molecular complexity index is 937. The third-order valence-electron chi connectivity index (χ3n) is 7.49. The number of nitrogens with one attached hydrogen (secondary N) is 1. The number of hydrogen-bond donors (Lipinski definition) is 2. The lowest BCUT2D eigenvalue weighted by Gasteiger charge is -2.25. The molecule has 3 fully saturated rings. The topological polar surface area (TPSA) is 73.7 Å². The van der Waals surface area contributed by atoms with Gasteiger partial charge < -0.3 is 44.5 Å². The van der Waals surface area contributed by atoms with Crippen molar-refractivity contribution in [3.63, 3.8) is 0 Å². The maximum Gasteiger partial charge on any atom is 0.171 e. The standard InChI is InChI=1S/C16H23NO.C10H12O.C5H11N.C3H6O2.2ClH/c1-13-6-8-15(9-7-13)16(18)14(2)12-17-10-4-3-5-11-17;1-3-10(11)9-6-4-8(2)5-7-9;1-2-4-6-5-3-1;1-2-5-3-4-1;;/h6-9,14H,3-5,10-12H2,1-2H3;4-7H,3H2,1-2H3;6H,1-5H2;1-3H2;2*1H. The van der Waals surface area contributed by atoms with Crippen molar-refractivity contribution in [1.29, 1.82) is 0 Å². The quantitative estimate of drug-likeness (QED) is 0.372. The van der Waals surface area contributed by atoms with E-state index >= 15 is 0 Å².